The second-order valence-corrected chi connectivity index (χ2v) is 3.82. The van der Waals surface area contributed by atoms with Gasteiger partial charge >= 0.3 is 0 Å². The first-order valence-electron chi connectivity index (χ1n) is 5.25. The maximum atomic E-state index is 12.8. The molecule has 0 spiro atoms. The number of hydrogen-bond acceptors (Lipinski definition) is 4. The number of aliphatic hydroxyl groups is 1. The molecule has 0 amide bonds. The van der Waals surface area contributed by atoms with E-state index in [0.29, 0.717) is 30.6 Å². The Morgan fingerprint density at radius 1 is 1.62 bits per heavy atom. The van der Waals surface area contributed by atoms with Crippen molar-refractivity contribution in [1.82, 2.24) is 4.98 Å². The average molecular weight is 227 g/mol. The average Bonchev–Trinajstić information content (AvgIpc) is 2.80. The molecule has 0 radical (unpaired) electrons. The minimum absolute atomic E-state index is 0.277. The molecule has 1 unspecified atom stereocenters. The molecule has 1 aliphatic rings. The first-order valence-corrected chi connectivity index (χ1v) is 5.25. The van der Waals surface area contributed by atoms with Crippen LogP contribution in [0.3, 0.4) is 0 Å². The molecule has 1 fully saturated rings. The summed E-state index contributed by atoms with van der Waals surface area (Å²) in [6.45, 7) is 1.67. The quantitative estimate of drug-likeness (QED) is 0.837. The first-order chi connectivity index (χ1) is 7.79. The van der Waals surface area contributed by atoms with Crippen LogP contribution in [0.4, 0.5) is 4.39 Å². The number of aromatic nitrogens is 1. The third-order valence-electron chi connectivity index (χ3n) is 2.54. The number of aliphatic hydroxyl groups excluding tert-OH is 1. The van der Waals surface area contributed by atoms with Gasteiger partial charge in [0.15, 0.2) is 0 Å². The largest absolute Gasteiger partial charge is 0.477 e. The van der Waals surface area contributed by atoms with Crippen LogP contribution >= 0.6 is 0 Å². The van der Waals surface area contributed by atoms with Gasteiger partial charge in [0.1, 0.15) is 5.82 Å². The lowest BCUT2D eigenvalue weighted by molar-refractivity contribution is 0.163. The van der Waals surface area contributed by atoms with E-state index in [4.69, 9.17) is 14.6 Å². The summed E-state index contributed by atoms with van der Waals surface area (Å²) in [5.41, 5.74) is 0.374. The summed E-state index contributed by atoms with van der Waals surface area (Å²) in [7, 11) is 0. The Kier molecular flexibility index (Phi) is 3.69. The highest BCUT2D eigenvalue weighted by Crippen LogP contribution is 2.19. The number of halogens is 1. The fourth-order valence-corrected chi connectivity index (χ4v) is 1.62. The van der Waals surface area contributed by atoms with Crippen molar-refractivity contribution >= 4 is 0 Å². The van der Waals surface area contributed by atoms with Crippen molar-refractivity contribution in [2.24, 2.45) is 5.92 Å². The van der Waals surface area contributed by atoms with Gasteiger partial charge in [-0.1, -0.05) is 0 Å². The molecule has 2 heterocycles. The van der Waals surface area contributed by atoms with E-state index in [1.807, 2.05) is 0 Å². The van der Waals surface area contributed by atoms with Crippen molar-refractivity contribution in [3.8, 4) is 5.88 Å². The summed E-state index contributed by atoms with van der Waals surface area (Å²) < 4.78 is 23.5. The standard InChI is InChI=1S/C11H14FNO3/c12-10-3-9(5-14)11(13-4-10)16-7-8-1-2-15-6-8/h3-4,8,14H,1-2,5-7H2. The second-order valence-electron chi connectivity index (χ2n) is 3.82. The summed E-state index contributed by atoms with van der Waals surface area (Å²) in [6.07, 6.45) is 2.05. The van der Waals surface area contributed by atoms with E-state index < -0.39 is 5.82 Å². The lowest BCUT2D eigenvalue weighted by atomic mass is 10.1. The third kappa shape index (κ3) is 2.68. The summed E-state index contributed by atoms with van der Waals surface area (Å²) >= 11 is 0. The third-order valence-corrected chi connectivity index (χ3v) is 2.54. The van der Waals surface area contributed by atoms with Crippen LogP contribution < -0.4 is 4.74 Å². The number of nitrogens with zero attached hydrogens (tertiary/aromatic N) is 1. The fourth-order valence-electron chi connectivity index (χ4n) is 1.62. The highest BCUT2D eigenvalue weighted by molar-refractivity contribution is 5.25. The van der Waals surface area contributed by atoms with E-state index in [1.165, 1.54) is 6.07 Å². The molecule has 0 bridgehead atoms. The Morgan fingerprint density at radius 3 is 3.19 bits per heavy atom. The smallest absolute Gasteiger partial charge is 0.219 e. The maximum Gasteiger partial charge on any atom is 0.219 e. The molecule has 1 aromatic rings. The van der Waals surface area contributed by atoms with Crippen LogP contribution in [0.25, 0.3) is 0 Å². The monoisotopic (exact) mass is 227 g/mol. The molecule has 1 aliphatic heterocycles. The minimum atomic E-state index is -0.472. The topological polar surface area (TPSA) is 51.6 Å². The van der Waals surface area contributed by atoms with E-state index in [1.54, 1.807) is 0 Å². The first kappa shape index (κ1) is 11.3. The van der Waals surface area contributed by atoms with Crippen molar-refractivity contribution < 1.29 is 19.0 Å². The molecule has 1 N–H and O–H groups in total. The molecular weight excluding hydrogens is 213 g/mol. The van der Waals surface area contributed by atoms with Crippen molar-refractivity contribution in [3.63, 3.8) is 0 Å². The highest BCUT2D eigenvalue weighted by Gasteiger charge is 2.17. The van der Waals surface area contributed by atoms with Gasteiger partial charge in [0.25, 0.3) is 0 Å². The van der Waals surface area contributed by atoms with Crippen LogP contribution in [0.2, 0.25) is 0 Å². The molecular formula is C11H14FNO3. The van der Waals surface area contributed by atoms with Gasteiger partial charge in [0.2, 0.25) is 5.88 Å². The fraction of sp³-hybridized carbons (Fsp3) is 0.545. The lowest BCUT2D eigenvalue weighted by Crippen LogP contribution is -2.13. The Balaban J connectivity index is 1.97. The van der Waals surface area contributed by atoms with Crippen LogP contribution in [0.1, 0.15) is 12.0 Å². The summed E-state index contributed by atoms with van der Waals surface area (Å²) in [5, 5.41) is 9.02. The molecule has 88 valence electrons. The zero-order chi connectivity index (χ0) is 11.4. The molecule has 5 heteroatoms. The van der Waals surface area contributed by atoms with E-state index in [0.717, 1.165) is 19.2 Å². The van der Waals surface area contributed by atoms with Crippen LogP contribution in [0.5, 0.6) is 5.88 Å². The molecule has 16 heavy (non-hydrogen) atoms. The normalized spacial score (nSPS) is 20.0. The van der Waals surface area contributed by atoms with Gasteiger partial charge in [-0.05, 0) is 12.5 Å². The van der Waals surface area contributed by atoms with E-state index in [2.05, 4.69) is 4.98 Å². The predicted molar refractivity (Wildman–Crippen MR) is 54.5 cm³/mol. The molecule has 4 nitrogen and oxygen atoms in total. The lowest BCUT2D eigenvalue weighted by Gasteiger charge is -2.11. The molecule has 1 saturated heterocycles. The molecule has 2 rings (SSSR count). The van der Waals surface area contributed by atoms with E-state index in [-0.39, 0.29) is 6.61 Å². The molecule has 1 aromatic heterocycles. The number of rotatable bonds is 4. The zero-order valence-electron chi connectivity index (χ0n) is 8.86. The van der Waals surface area contributed by atoms with Crippen LogP contribution in [-0.4, -0.2) is 29.9 Å². The van der Waals surface area contributed by atoms with E-state index >= 15 is 0 Å². The van der Waals surface area contributed by atoms with Gasteiger partial charge in [-0.2, -0.15) is 0 Å². The van der Waals surface area contributed by atoms with Gasteiger partial charge in [-0.15, -0.1) is 0 Å². The van der Waals surface area contributed by atoms with Crippen molar-refractivity contribution in [3.05, 3.63) is 23.6 Å². The number of hydrogen-bond donors (Lipinski definition) is 1. The summed E-state index contributed by atoms with van der Waals surface area (Å²) in [6, 6.07) is 1.23. The molecule has 0 saturated carbocycles. The Bertz CT molecular complexity index is 353. The summed E-state index contributed by atoms with van der Waals surface area (Å²) in [4.78, 5) is 3.81. The number of ether oxygens (including phenoxy) is 2. The Hall–Kier alpha value is -1.20. The van der Waals surface area contributed by atoms with Gasteiger partial charge < -0.3 is 14.6 Å². The Morgan fingerprint density at radius 2 is 2.50 bits per heavy atom. The van der Waals surface area contributed by atoms with E-state index in [9.17, 15) is 4.39 Å². The van der Waals surface area contributed by atoms with Gasteiger partial charge in [0, 0.05) is 18.1 Å². The van der Waals surface area contributed by atoms with Crippen LogP contribution in [0, 0.1) is 11.7 Å². The summed E-state index contributed by atoms with van der Waals surface area (Å²) in [5.74, 6) is 0.190. The van der Waals surface area contributed by atoms with Gasteiger partial charge in [-0.25, -0.2) is 9.37 Å². The Labute approximate surface area is 93.0 Å². The van der Waals surface area contributed by atoms with Gasteiger partial charge in [-0.3, -0.25) is 0 Å². The van der Waals surface area contributed by atoms with Crippen LogP contribution in [0.15, 0.2) is 12.3 Å². The van der Waals surface area contributed by atoms with Crippen molar-refractivity contribution in [2.45, 2.75) is 13.0 Å². The highest BCUT2D eigenvalue weighted by atomic mass is 19.1. The molecule has 0 aliphatic carbocycles. The molecule has 0 aromatic carbocycles. The number of pyridine rings is 1. The predicted octanol–water partition coefficient (Wildman–Crippen LogP) is 1.13. The van der Waals surface area contributed by atoms with Crippen molar-refractivity contribution in [2.75, 3.05) is 19.8 Å². The zero-order valence-corrected chi connectivity index (χ0v) is 8.86. The SMILES string of the molecule is OCc1cc(F)cnc1OCC1CCOC1. The van der Waals surface area contributed by atoms with Gasteiger partial charge in [0.05, 0.1) is 26.0 Å². The van der Waals surface area contributed by atoms with Crippen molar-refractivity contribution in [1.29, 1.82) is 0 Å². The minimum Gasteiger partial charge on any atom is -0.477 e. The maximum absolute atomic E-state index is 12.8. The molecule has 1 atom stereocenters. The second kappa shape index (κ2) is 5.23. The van der Waals surface area contributed by atoms with Crippen LogP contribution in [-0.2, 0) is 11.3 Å².